The van der Waals surface area contributed by atoms with Gasteiger partial charge in [-0.05, 0) is 36.6 Å². The average Bonchev–Trinajstić information content (AvgIpc) is 2.72. The molecule has 0 amide bonds. The zero-order valence-corrected chi connectivity index (χ0v) is 11.0. The van der Waals surface area contributed by atoms with Crippen LogP contribution in [0.2, 0.25) is 0 Å². The maximum Gasteiger partial charge on any atom is 0.116 e. The molecule has 6 heteroatoms. The monoisotopic (exact) mass is 244 g/mol. The molecule has 2 rings (SSSR count). The van der Waals surface area contributed by atoms with Gasteiger partial charge in [0.15, 0.2) is 0 Å². The van der Waals surface area contributed by atoms with Crippen molar-refractivity contribution in [2.45, 2.75) is 39.8 Å². The Labute approximate surface area is 105 Å². The van der Waals surface area contributed by atoms with Gasteiger partial charge in [-0.15, -0.1) is 5.10 Å². The van der Waals surface area contributed by atoms with Crippen molar-refractivity contribution in [2.24, 2.45) is 5.11 Å². The molecule has 0 aliphatic rings. The Kier molecular flexibility index (Phi) is 2.97. The summed E-state index contributed by atoms with van der Waals surface area (Å²) in [6, 6.07) is 3.97. The van der Waals surface area contributed by atoms with E-state index in [0.717, 1.165) is 28.7 Å². The van der Waals surface area contributed by atoms with Crippen molar-refractivity contribution >= 4 is 11.0 Å². The molecule has 1 heterocycles. The number of rotatable bonds is 3. The normalized spacial score (nSPS) is 11.6. The minimum atomic E-state index is -0.580. The SMILES string of the molecule is CCn1nnc2c(C)c(C(C)(C)N=[N+]=[N-])ccc21. The van der Waals surface area contributed by atoms with E-state index in [9.17, 15) is 0 Å². The molecule has 0 fully saturated rings. The molecule has 6 nitrogen and oxygen atoms in total. The molecule has 1 aromatic carbocycles. The minimum Gasteiger partial charge on any atom is -0.245 e. The van der Waals surface area contributed by atoms with E-state index in [4.69, 9.17) is 5.53 Å². The Bertz CT molecular complexity index is 633. The molecule has 0 unspecified atom stereocenters. The van der Waals surface area contributed by atoms with Crippen molar-refractivity contribution in [2.75, 3.05) is 0 Å². The van der Waals surface area contributed by atoms with Gasteiger partial charge in [-0.3, -0.25) is 0 Å². The van der Waals surface area contributed by atoms with Crippen LogP contribution in [0.4, 0.5) is 0 Å². The second-order valence-corrected chi connectivity index (χ2v) is 4.76. The van der Waals surface area contributed by atoms with Gasteiger partial charge in [0, 0.05) is 11.5 Å². The van der Waals surface area contributed by atoms with Gasteiger partial charge in [0.05, 0.1) is 11.1 Å². The number of fused-ring (bicyclic) bond motifs is 1. The highest BCUT2D eigenvalue weighted by Crippen LogP contribution is 2.31. The zero-order chi connectivity index (χ0) is 13.3. The lowest BCUT2D eigenvalue weighted by atomic mass is 9.90. The van der Waals surface area contributed by atoms with E-state index in [2.05, 4.69) is 20.3 Å². The first-order valence-corrected chi connectivity index (χ1v) is 5.90. The minimum absolute atomic E-state index is 0.580. The predicted molar refractivity (Wildman–Crippen MR) is 70.1 cm³/mol. The Morgan fingerprint density at radius 2 is 2.17 bits per heavy atom. The fourth-order valence-corrected chi connectivity index (χ4v) is 2.23. The summed E-state index contributed by atoms with van der Waals surface area (Å²) in [6.07, 6.45) is 0. The Morgan fingerprint density at radius 1 is 1.44 bits per heavy atom. The highest BCUT2D eigenvalue weighted by atomic mass is 15.4. The van der Waals surface area contributed by atoms with E-state index >= 15 is 0 Å². The van der Waals surface area contributed by atoms with Gasteiger partial charge in [-0.25, -0.2) is 4.68 Å². The van der Waals surface area contributed by atoms with Gasteiger partial charge in [0.25, 0.3) is 0 Å². The van der Waals surface area contributed by atoms with Crippen LogP contribution >= 0.6 is 0 Å². The summed E-state index contributed by atoms with van der Waals surface area (Å²) in [4.78, 5) is 2.91. The highest BCUT2D eigenvalue weighted by Gasteiger charge is 2.23. The summed E-state index contributed by atoms with van der Waals surface area (Å²) in [7, 11) is 0. The van der Waals surface area contributed by atoms with E-state index in [1.165, 1.54) is 0 Å². The molecule has 0 bridgehead atoms. The standard InChI is InChI=1S/C12H16N6/c1-5-18-10-7-6-9(12(3,4)15-16-13)8(2)11(10)14-17-18/h6-7H,5H2,1-4H3. The largest absolute Gasteiger partial charge is 0.245 e. The first-order valence-electron chi connectivity index (χ1n) is 5.90. The number of aryl methyl sites for hydroxylation is 2. The Morgan fingerprint density at radius 3 is 2.78 bits per heavy atom. The Balaban J connectivity index is 2.69. The van der Waals surface area contributed by atoms with E-state index in [1.807, 2.05) is 44.5 Å². The van der Waals surface area contributed by atoms with Crippen LogP contribution in [-0.2, 0) is 12.1 Å². The van der Waals surface area contributed by atoms with Crippen molar-refractivity contribution in [3.63, 3.8) is 0 Å². The summed E-state index contributed by atoms with van der Waals surface area (Å²) in [5, 5.41) is 12.2. The second kappa shape index (κ2) is 4.31. The summed E-state index contributed by atoms with van der Waals surface area (Å²) in [5.74, 6) is 0. The number of benzene rings is 1. The summed E-state index contributed by atoms with van der Waals surface area (Å²) < 4.78 is 1.85. The predicted octanol–water partition coefficient (Wildman–Crippen LogP) is 3.31. The summed E-state index contributed by atoms with van der Waals surface area (Å²) in [6.45, 7) is 8.59. The molecule has 1 aromatic heterocycles. The van der Waals surface area contributed by atoms with Crippen molar-refractivity contribution in [3.05, 3.63) is 33.7 Å². The molecule has 0 saturated heterocycles. The van der Waals surface area contributed by atoms with Crippen molar-refractivity contribution in [3.8, 4) is 0 Å². The van der Waals surface area contributed by atoms with E-state index in [1.54, 1.807) is 0 Å². The van der Waals surface area contributed by atoms with Crippen molar-refractivity contribution in [1.29, 1.82) is 0 Å². The fourth-order valence-electron chi connectivity index (χ4n) is 2.23. The smallest absolute Gasteiger partial charge is 0.116 e. The molecule has 0 radical (unpaired) electrons. The van der Waals surface area contributed by atoms with Crippen LogP contribution in [0.5, 0.6) is 0 Å². The maximum absolute atomic E-state index is 8.64. The van der Waals surface area contributed by atoms with Crippen LogP contribution in [0.15, 0.2) is 17.2 Å². The lowest BCUT2D eigenvalue weighted by Gasteiger charge is -2.20. The first kappa shape index (κ1) is 12.4. The van der Waals surface area contributed by atoms with Crippen LogP contribution in [0, 0.1) is 6.92 Å². The average molecular weight is 244 g/mol. The third-order valence-corrected chi connectivity index (χ3v) is 3.19. The van der Waals surface area contributed by atoms with Gasteiger partial charge in [-0.1, -0.05) is 30.2 Å². The maximum atomic E-state index is 8.64. The molecule has 0 spiro atoms. The van der Waals surface area contributed by atoms with E-state index < -0.39 is 5.54 Å². The highest BCUT2D eigenvalue weighted by molar-refractivity contribution is 5.79. The van der Waals surface area contributed by atoms with Crippen molar-refractivity contribution in [1.82, 2.24) is 15.0 Å². The molecule has 18 heavy (non-hydrogen) atoms. The van der Waals surface area contributed by atoms with Crippen LogP contribution in [0.25, 0.3) is 21.5 Å². The lowest BCUT2D eigenvalue weighted by Crippen LogP contribution is -2.14. The van der Waals surface area contributed by atoms with Gasteiger partial charge < -0.3 is 0 Å². The molecular formula is C12H16N6. The van der Waals surface area contributed by atoms with Gasteiger partial charge in [0.1, 0.15) is 5.52 Å². The number of hydrogen-bond donors (Lipinski definition) is 0. The van der Waals surface area contributed by atoms with E-state index in [-0.39, 0.29) is 0 Å². The molecule has 94 valence electrons. The van der Waals surface area contributed by atoms with Crippen LogP contribution in [-0.4, -0.2) is 15.0 Å². The lowest BCUT2D eigenvalue weighted by molar-refractivity contribution is 0.547. The van der Waals surface area contributed by atoms with Crippen molar-refractivity contribution < 1.29 is 0 Å². The molecule has 0 aliphatic carbocycles. The topological polar surface area (TPSA) is 79.5 Å². The van der Waals surface area contributed by atoms with Crippen LogP contribution in [0.1, 0.15) is 31.9 Å². The molecule has 0 N–H and O–H groups in total. The van der Waals surface area contributed by atoms with Gasteiger partial charge >= 0.3 is 0 Å². The van der Waals surface area contributed by atoms with Crippen LogP contribution < -0.4 is 0 Å². The van der Waals surface area contributed by atoms with Crippen LogP contribution in [0.3, 0.4) is 0 Å². The summed E-state index contributed by atoms with van der Waals surface area (Å²) in [5.41, 5.74) is 11.9. The molecule has 0 saturated carbocycles. The third kappa shape index (κ3) is 1.80. The Hall–Kier alpha value is -2.07. The second-order valence-electron chi connectivity index (χ2n) is 4.76. The number of azide groups is 1. The van der Waals surface area contributed by atoms with Gasteiger partial charge in [0.2, 0.25) is 0 Å². The zero-order valence-electron chi connectivity index (χ0n) is 11.0. The molecule has 2 aromatic rings. The van der Waals surface area contributed by atoms with Gasteiger partial charge in [-0.2, -0.15) is 0 Å². The summed E-state index contributed by atoms with van der Waals surface area (Å²) >= 11 is 0. The molecule has 0 atom stereocenters. The fraction of sp³-hybridized carbons (Fsp3) is 0.500. The number of nitrogens with zero attached hydrogens (tertiary/aromatic N) is 6. The van der Waals surface area contributed by atoms with E-state index in [0.29, 0.717) is 0 Å². The molecular weight excluding hydrogens is 228 g/mol. The number of hydrogen-bond acceptors (Lipinski definition) is 3. The number of aromatic nitrogens is 3. The quantitative estimate of drug-likeness (QED) is 0.471. The molecule has 0 aliphatic heterocycles. The first-order chi connectivity index (χ1) is 8.51. The third-order valence-electron chi connectivity index (χ3n) is 3.19.